The molecule has 156 valence electrons. The van der Waals surface area contributed by atoms with Crippen molar-refractivity contribution < 1.29 is 45.3 Å². The maximum absolute atomic E-state index is 12.6. The number of sulfonamides is 1. The Balaban J connectivity index is 2.06. The highest BCUT2D eigenvalue weighted by Gasteiger charge is 2.33. The second-order valence-corrected chi connectivity index (χ2v) is 6.77. The molecular formula is C14H10F3N3O8S. The topological polar surface area (TPSA) is 172 Å². The molecule has 0 fully saturated rings. The summed E-state index contributed by atoms with van der Waals surface area (Å²) in [6.07, 6.45) is -4.83. The summed E-state index contributed by atoms with van der Waals surface area (Å²) in [4.78, 5) is 33.3. The molecule has 0 spiro atoms. The highest BCUT2D eigenvalue weighted by Crippen LogP contribution is 2.34. The summed E-state index contributed by atoms with van der Waals surface area (Å²) in [6.45, 7) is -0.998. The monoisotopic (exact) mass is 437 g/mol. The lowest BCUT2D eigenvalue weighted by Gasteiger charge is -2.10. The molecule has 0 aliphatic rings. The average Bonchev–Trinajstić information content (AvgIpc) is 3.09. The smallest absolute Gasteiger partial charge is 0.416 e. The number of anilines is 1. The maximum Gasteiger partial charge on any atom is 0.416 e. The van der Waals surface area contributed by atoms with Crippen LogP contribution in [-0.4, -0.2) is 31.8 Å². The van der Waals surface area contributed by atoms with Crippen LogP contribution in [0, 0.1) is 10.1 Å². The highest BCUT2D eigenvalue weighted by molar-refractivity contribution is 7.89. The first-order valence-electron chi connectivity index (χ1n) is 7.24. The zero-order valence-corrected chi connectivity index (χ0v) is 14.7. The number of primary sulfonamides is 1. The number of ether oxygens (including phenoxy) is 1. The zero-order valence-electron chi connectivity index (χ0n) is 13.9. The van der Waals surface area contributed by atoms with E-state index in [1.807, 2.05) is 5.32 Å². The van der Waals surface area contributed by atoms with E-state index < -0.39 is 67.4 Å². The van der Waals surface area contributed by atoms with Crippen LogP contribution in [0.4, 0.5) is 24.5 Å². The fourth-order valence-electron chi connectivity index (χ4n) is 1.94. The third-order valence-corrected chi connectivity index (χ3v) is 3.97. The molecule has 11 nitrogen and oxygen atoms in total. The van der Waals surface area contributed by atoms with Crippen LogP contribution in [0.15, 0.2) is 39.8 Å². The number of alkyl halides is 3. The summed E-state index contributed by atoms with van der Waals surface area (Å²) in [5, 5.41) is 16.9. The standard InChI is InChI=1S/C14H10F3N3O8S/c15-14(16,17)7-1-2-8(9(5-7)20(23)24)19-11(21)6-27-13(22)10-3-4-12(28-10)29(18,25)26/h1-5H,6H2,(H,19,21)(H2,18,25,26). The van der Waals surface area contributed by atoms with Crippen molar-refractivity contribution in [3.05, 3.63) is 51.8 Å². The number of halogens is 3. The van der Waals surface area contributed by atoms with E-state index in [1.165, 1.54) is 0 Å². The largest absolute Gasteiger partial charge is 0.450 e. The summed E-state index contributed by atoms with van der Waals surface area (Å²) in [5.74, 6) is -2.96. The minimum Gasteiger partial charge on any atom is -0.450 e. The third kappa shape index (κ3) is 5.52. The molecule has 3 N–H and O–H groups in total. The molecule has 1 aromatic carbocycles. The van der Waals surface area contributed by atoms with E-state index in [9.17, 15) is 41.3 Å². The van der Waals surface area contributed by atoms with Crippen LogP contribution in [0.25, 0.3) is 0 Å². The van der Waals surface area contributed by atoms with Gasteiger partial charge in [0.15, 0.2) is 6.61 Å². The number of rotatable bonds is 6. The molecule has 0 bridgehead atoms. The van der Waals surface area contributed by atoms with Crippen molar-refractivity contribution in [3.8, 4) is 0 Å². The number of hydrogen-bond acceptors (Lipinski definition) is 8. The molecule has 0 aliphatic heterocycles. The quantitative estimate of drug-likeness (QED) is 0.390. The van der Waals surface area contributed by atoms with E-state index >= 15 is 0 Å². The predicted molar refractivity (Wildman–Crippen MR) is 87.1 cm³/mol. The van der Waals surface area contributed by atoms with Crippen LogP contribution in [0.1, 0.15) is 16.1 Å². The van der Waals surface area contributed by atoms with E-state index in [4.69, 9.17) is 5.14 Å². The first-order chi connectivity index (χ1) is 13.3. The van der Waals surface area contributed by atoms with E-state index in [1.54, 1.807) is 0 Å². The van der Waals surface area contributed by atoms with Gasteiger partial charge in [0, 0.05) is 6.07 Å². The molecular weight excluding hydrogens is 427 g/mol. The van der Waals surface area contributed by atoms with E-state index in [2.05, 4.69) is 9.15 Å². The summed E-state index contributed by atoms with van der Waals surface area (Å²) in [7, 11) is -4.21. The SMILES string of the molecule is NS(=O)(=O)c1ccc(C(=O)OCC(=O)Nc2ccc(C(F)(F)F)cc2[N+](=O)[O-])o1. The van der Waals surface area contributed by atoms with Crippen molar-refractivity contribution >= 4 is 33.3 Å². The number of nitrogens with one attached hydrogen (secondary N) is 1. The maximum atomic E-state index is 12.6. The highest BCUT2D eigenvalue weighted by atomic mass is 32.2. The Hall–Kier alpha value is -3.46. The van der Waals surface area contributed by atoms with Gasteiger partial charge in [0.2, 0.25) is 10.9 Å². The fraction of sp³-hybridized carbons (Fsp3) is 0.143. The molecule has 0 saturated carbocycles. The second-order valence-electron chi connectivity index (χ2n) is 5.27. The van der Waals surface area contributed by atoms with Crippen molar-refractivity contribution in [2.75, 3.05) is 11.9 Å². The average molecular weight is 437 g/mol. The first kappa shape index (κ1) is 21.8. The second kappa shape index (κ2) is 7.88. The molecule has 2 rings (SSSR count). The zero-order chi connectivity index (χ0) is 22.0. The molecule has 15 heteroatoms. The van der Waals surface area contributed by atoms with Gasteiger partial charge in [-0.15, -0.1) is 0 Å². The van der Waals surface area contributed by atoms with Gasteiger partial charge in [0.05, 0.1) is 10.5 Å². The Bertz CT molecular complexity index is 1080. The van der Waals surface area contributed by atoms with Gasteiger partial charge in [0.1, 0.15) is 5.69 Å². The van der Waals surface area contributed by atoms with Gasteiger partial charge in [-0.1, -0.05) is 0 Å². The number of nitrogens with zero attached hydrogens (tertiary/aromatic N) is 1. The van der Waals surface area contributed by atoms with Gasteiger partial charge in [-0.05, 0) is 24.3 Å². The van der Waals surface area contributed by atoms with Crippen molar-refractivity contribution in [2.45, 2.75) is 11.3 Å². The van der Waals surface area contributed by atoms with Gasteiger partial charge >= 0.3 is 12.1 Å². The Morgan fingerprint density at radius 2 is 1.90 bits per heavy atom. The predicted octanol–water partition coefficient (Wildman–Crippen LogP) is 1.65. The molecule has 1 amide bonds. The van der Waals surface area contributed by atoms with Gasteiger partial charge in [-0.25, -0.2) is 18.4 Å². The van der Waals surface area contributed by atoms with E-state index in [-0.39, 0.29) is 6.07 Å². The molecule has 0 aliphatic carbocycles. The minimum atomic E-state index is -4.83. The summed E-state index contributed by atoms with van der Waals surface area (Å²) in [6, 6.07) is 3.22. The molecule has 1 aromatic heterocycles. The fourth-order valence-corrected chi connectivity index (χ4v) is 2.40. The van der Waals surface area contributed by atoms with Crippen LogP contribution in [0.3, 0.4) is 0 Å². The van der Waals surface area contributed by atoms with Crippen molar-refractivity contribution in [1.29, 1.82) is 0 Å². The van der Waals surface area contributed by atoms with Crippen molar-refractivity contribution in [2.24, 2.45) is 5.14 Å². The lowest BCUT2D eigenvalue weighted by molar-refractivity contribution is -0.384. The first-order valence-corrected chi connectivity index (χ1v) is 8.79. The van der Waals surface area contributed by atoms with Crippen LogP contribution in [0.2, 0.25) is 0 Å². The van der Waals surface area contributed by atoms with Gasteiger partial charge in [0.25, 0.3) is 21.6 Å². The van der Waals surface area contributed by atoms with Crippen LogP contribution in [-0.2, 0) is 25.7 Å². The lowest BCUT2D eigenvalue weighted by atomic mass is 10.1. The van der Waals surface area contributed by atoms with E-state index in [0.29, 0.717) is 12.1 Å². The molecule has 29 heavy (non-hydrogen) atoms. The summed E-state index contributed by atoms with van der Waals surface area (Å²) < 4.78 is 69.2. The third-order valence-electron chi connectivity index (χ3n) is 3.19. The molecule has 0 atom stereocenters. The van der Waals surface area contributed by atoms with Gasteiger partial charge in [-0.2, -0.15) is 13.2 Å². The van der Waals surface area contributed by atoms with Crippen molar-refractivity contribution in [3.63, 3.8) is 0 Å². The van der Waals surface area contributed by atoms with Crippen LogP contribution in [0.5, 0.6) is 0 Å². The minimum absolute atomic E-state index is 0.235. The van der Waals surface area contributed by atoms with E-state index in [0.717, 1.165) is 12.1 Å². The molecule has 0 unspecified atom stereocenters. The normalized spacial score (nSPS) is 11.7. The number of esters is 1. The number of carbonyl (C=O) groups excluding carboxylic acids is 2. The number of hydrogen-bond donors (Lipinski definition) is 2. The molecule has 2 aromatic rings. The molecule has 1 heterocycles. The number of benzene rings is 1. The Labute approximate surface area is 159 Å². The number of nitrogens with two attached hydrogens (primary N) is 1. The Kier molecular flexibility index (Phi) is 5.93. The number of nitro groups is 1. The summed E-state index contributed by atoms with van der Waals surface area (Å²) in [5.41, 5.74) is -2.88. The van der Waals surface area contributed by atoms with Crippen LogP contribution >= 0.6 is 0 Å². The number of amides is 1. The van der Waals surface area contributed by atoms with Crippen LogP contribution < -0.4 is 10.5 Å². The Morgan fingerprint density at radius 1 is 1.24 bits per heavy atom. The van der Waals surface area contributed by atoms with Gasteiger partial charge < -0.3 is 14.5 Å². The number of carbonyl (C=O) groups is 2. The number of nitro benzene ring substituents is 1. The summed E-state index contributed by atoms with van der Waals surface area (Å²) >= 11 is 0. The molecule has 0 radical (unpaired) electrons. The molecule has 0 saturated heterocycles. The number of furan rings is 1. The lowest BCUT2D eigenvalue weighted by Crippen LogP contribution is -2.21. The van der Waals surface area contributed by atoms with Gasteiger partial charge in [-0.3, -0.25) is 14.9 Å². The van der Waals surface area contributed by atoms with Crippen molar-refractivity contribution in [1.82, 2.24) is 0 Å². The Morgan fingerprint density at radius 3 is 2.41 bits per heavy atom.